The maximum atomic E-state index is 9.69. The van der Waals surface area contributed by atoms with Gasteiger partial charge >= 0.3 is 0 Å². The first-order chi connectivity index (χ1) is 3.18. The Hall–Kier alpha value is -0.650. The quantitative estimate of drug-likeness (QED) is 0.284. The monoisotopic (exact) mass is 107 g/mol. The van der Waals surface area contributed by atoms with Crippen LogP contribution >= 0.6 is 0 Å². The summed E-state index contributed by atoms with van der Waals surface area (Å²) in [6.07, 6.45) is 0. The molecule has 0 aliphatic rings. The molecule has 42 valence electrons. The van der Waals surface area contributed by atoms with Crippen LogP contribution in [0.4, 0.5) is 0 Å². The average molecular weight is 107 g/mol. The van der Waals surface area contributed by atoms with Crippen molar-refractivity contribution in [1.82, 2.24) is 5.23 Å². The second-order valence-corrected chi connectivity index (χ2v) is 0.841. The van der Waals surface area contributed by atoms with E-state index in [9.17, 15) is 4.79 Å². The highest BCUT2D eigenvalue weighted by molar-refractivity contribution is 5.74. The second kappa shape index (κ2) is 2.51. The van der Waals surface area contributed by atoms with Gasteiger partial charge in [0.25, 0.3) is 5.91 Å². The minimum atomic E-state index is -1.15. The summed E-state index contributed by atoms with van der Waals surface area (Å²) >= 11 is 0. The Morgan fingerprint density at radius 3 is 2.00 bits per heavy atom. The molecule has 0 saturated carbocycles. The molecule has 0 rings (SSSR count). The number of hydroxylamine groups is 2. The number of hydrogen-bond donors (Lipinski definition) is 3. The minimum Gasteiger partial charge on any atom is -0.386 e. The van der Waals surface area contributed by atoms with Crippen LogP contribution in [0.25, 0.3) is 0 Å². The van der Waals surface area contributed by atoms with Crippen LogP contribution in [0.3, 0.4) is 0 Å². The van der Waals surface area contributed by atoms with Crippen molar-refractivity contribution in [2.24, 2.45) is 0 Å². The first-order valence-electron chi connectivity index (χ1n) is 1.50. The lowest BCUT2D eigenvalue weighted by Gasteiger charge is -1.99. The van der Waals surface area contributed by atoms with Gasteiger partial charge < -0.3 is 5.11 Å². The summed E-state index contributed by atoms with van der Waals surface area (Å²) in [5.41, 5.74) is 0. The third-order valence-electron chi connectivity index (χ3n) is 0.358. The Morgan fingerprint density at radius 2 is 2.00 bits per heavy atom. The van der Waals surface area contributed by atoms with E-state index in [0.29, 0.717) is 0 Å². The van der Waals surface area contributed by atoms with Gasteiger partial charge in [-0.15, -0.1) is 0 Å². The van der Waals surface area contributed by atoms with Gasteiger partial charge in [-0.3, -0.25) is 15.2 Å². The van der Waals surface area contributed by atoms with E-state index in [1.165, 1.54) is 0 Å². The van der Waals surface area contributed by atoms with Crippen molar-refractivity contribution in [3.05, 3.63) is 0 Å². The van der Waals surface area contributed by atoms with Crippen LogP contribution < -0.4 is 0 Å². The Morgan fingerprint density at radius 1 is 1.57 bits per heavy atom. The van der Waals surface area contributed by atoms with Crippen molar-refractivity contribution >= 4 is 5.91 Å². The van der Waals surface area contributed by atoms with Gasteiger partial charge in [0.2, 0.25) is 0 Å². The number of carbonyl (C=O) groups excluding carboxylic acids is 1. The fourth-order valence-electron chi connectivity index (χ4n) is 0.0632. The van der Waals surface area contributed by atoms with Crippen LogP contribution in [0.15, 0.2) is 0 Å². The number of carbonyl (C=O) groups is 1. The fourth-order valence-corrected chi connectivity index (χ4v) is 0.0632. The van der Waals surface area contributed by atoms with Gasteiger partial charge in [0, 0.05) is 0 Å². The highest BCUT2D eigenvalue weighted by atomic mass is 16.8. The Labute approximate surface area is 39.3 Å². The first-order valence-corrected chi connectivity index (χ1v) is 1.50. The third kappa shape index (κ3) is 2.10. The molecule has 3 N–H and O–H groups in total. The van der Waals surface area contributed by atoms with Crippen molar-refractivity contribution in [3.8, 4) is 0 Å². The topological polar surface area (TPSA) is 81.0 Å². The molecule has 0 aromatic heterocycles. The molecule has 5 heteroatoms. The largest absolute Gasteiger partial charge is 0.386 e. The smallest absolute Gasteiger partial charge is 0.298 e. The summed E-state index contributed by atoms with van der Waals surface area (Å²) in [4.78, 5) is 9.69. The average Bonchev–Trinajstić information content (AvgIpc) is 1.65. The van der Waals surface area contributed by atoms with E-state index in [0.717, 1.165) is 0 Å². The number of aliphatic hydroxyl groups excluding tert-OH is 1. The lowest BCUT2D eigenvalue weighted by molar-refractivity contribution is -0.286. The van der Waals surface area contributed by atoms with E-state index in [4.69, 9.17) is 15.5 Å². The molecule has 0 radical (unpaired) electrons. The van der Waals surface area contributed by atoms with E-state index in [1.807, 2.05) is 0 Å². The van der Waals surface area contributed by atoms with Crippen LogP contribution in [0.1, 0.15) is 0 Å². The predicted molar refractivity (Wildman–Crippen MR) is 17.5 cm³/mol. The van der Waals surface area contributed by atoms with Crippen molar-refractivity contribution in [1.29, 1.82) is 0 Å². The molecular weight excluding hydrogens is 102 g/mol. The molecule has 0 fully saturated rings. The lowest BCUT2D eigenvalue weighted by Crippen LogP contribution is -2.25. The van der Waals surface area contributed by atoms with Crippen molar-refractivity contribution in [3.63, 3.8) is 0 Å². The van der Waals surface area contributed by atoms with Gasteiger partial charge in [-0.1, -0.05) is 5.23 Å². The molecule has 5 nitrogen and oxygen atoms in total. The SMILES string of the molecule is O=C(CO)N(O)O. The first kappa shape index (κ1) is 6.35. The summed E-state index contributed by atoms with van der Waals surface area (Å²) in [5, 5.41) is 22.5. The molecule has 0 spiro atoms. The normalized spacial score (nSPS) is 8.43. The van der Waals surface area contributed by atoms with Crippen LogP contribution in [0.2, 0.25) is 0 Å². The number of amides is 1. The van der Waals surface area contributed by atoms with Gasteiger partial charge in [0.1, 0.15) is 6.61 Å². The zero-order valence-electron chi connectivity index (χ0n) is 3.40. The standard InChI is InChI=1S/C2H5NO4/c4-1-2(5)3(6)7/h4,6-7H,1H2. The summed E-state index contributed by atoms with van der Waals surface area (Å²) < 4.78 is 0. The Kier molecular flexibility index (Phi) is 2.28. The zero-order chi connectivity index (χ0) is 5.86. The maximum absolute atomic E-state index is 9.69. The molecule has 0 aliphatic heterocycles. The maximum Gasteiger partial charge on any atom is 0.298 e. The van der Waals surface area contributed by atoms with E-state index < -0.39 is 17.7 Å². The van der Waals surface area contributed by atoms with Crippen LogP contribution in [0, 0.1) is 0 Å². The number of aliphatic hydroxyl groups is 1. The molecule has 7 heavy (non-hydrogen) atoms. The van der Waals surface area contributed by atoms with Crippen molar-refractivity contribution in [2.75, 3.05) is 6.61 Å². The molecule has 0 bridgehead atoms. The van der Waals surface area contributed by atoms with Crippen LogP contribution in [-0.4, -0.2) is 33.3 Å². The van der Waals surface area contributed by atoms with Crippen molar-refractivity contribution < 1.29 is 20.3 Å². The molecular formula is C2H5NO4. The van der Waals surface area contributed by atoms with Gasteiger partial charge in [-0.25, -0.2) is 0 Å². The molecule has 0 aliphatic carbocycles. The minimum absolute atomic E-state index is 0.667. The van der Waals surface area contributed by atoms with Crippen molar-refractivity contribution in [2.45, 2.75) is 0 Å². The number of nitrogens with zero attached hydrogens (tertiary/aromatic N) is 1. The second-order valence-electron chi connectivity index (χ2n) is 0.841. The Balaban J connectivity index is 3.35. The summed E-state index contributed by atoms with van der Waals surface area (Å²) in [5.74, 6) is -1.15. The van der Waals surface area contributed by atoms with E-state index in [1.54, 1.807) is 0 Å². The lowest BCUT2D eigenvalue weighted by atomic mass is 10.7. The molecule has 0 aromatic rings. The summed E-state index contributed by atoms with van der Waals surface area (Å²) in [7, 11) is 0. The summed E-state index contributed by atoms with van der Waals surface area (Å²) in [6, 6.07) is 0. The van der Waals surface area contributed by atoms with E-state index >= 15 is 0 Å². The van der Waals surface area contributed by atoms with E-state index in [2.05, 4.69) is 0 Å². The summed E-state index contributed by atoms with van der Waals surface area (Å²) in [6.45, 7) is -0.896. The Bertz CT molecular complexity index is 70.1. The molecule has 0 heterocycles. The molecule has 0 aromatic carbocycles. The van der Waals surface area contributed by atoms with Gasteiger partial charge in [0.15, 0.2) is 0 Å². The third-order valence-corrected chi connectivity index (χ3v) is 0.358. The molecule has 1 amide bonds. The van der Waals surface area contributed by atoms with Crippen LogP contribution in [0.5, 0.6) is 0 Å². The highest BCUT2D eigenvalue weighted by Gasteiger charge is 2.02. The molecule has 0 atom stereocenters. The van der Waals surface area contributed by atoms with Gasteiger partial charge in [-0.2, -0.15) is 0 Å². The zero-order valence-corrected chi connectivity index (χ0v) is 3.40. The highest BCUT2D eigenvalue weighted by Crippen LogP contribution is 1.70. The van der Waals surface area contributed by atoms with E-state index in [-0.39, 0.29) is 0 Å². The van der Waals surface area contributed by atoms with Gasteiger partial charge in [0.05, 0.1) is 0 Å². The molecule has 0 saturated heterocycles. The predicted octanol–water partition coefficient (Wildman–Crippen LogP) is -1.41. The van der Waals surface area contributed by atoms with Gasteiger partial charge in [-0.05, 0) is 0 Å². The van der Waals surface area contributed by atoms with Crippen LogP contribution in [-0.2, 0) is 4.79 Å². The molecule has 0 unspecified atom stereocenters. The fraction of sp³-hybridized carbons (Fsp3) is 0.500. The number of rotatable bonds is 1. The number of hydrogen-bond acceptors (Lipinski definition) is 4.